The summed E-state index contributed by atoms with van der Waals surface area (Å²) in [5.41, 5.74) is 1.76. The third-order valence-corrected chi connectivity index (χ3v) is 2.49. The lowest BCUT2D eigenvalue weighted by Crippen LogP contribution is -1.96. The van der Waals surface area contributed by atoms with Crippen LogP contribution in [-0.4, -0.2) is 9.48 Å². The zero-order chi connectivity index (χ0) is 9.10. The van der Waals surface area contributed by atoms with Gasteiger partial charge in [-0.25, -0.2) is 4.37 Å². The van der Waals surface area contributed by atoms with Crippen molar-refractivity contribution in [2.75, 3.05) is 0 Å². The van der Waals surface area contributed by atoms with E-state index >= 15 is 0 Å². The number of hydrogen-bond donors (Lipinski definition) is 1. The molecule has 2 rings (SSSR count). The first-order valence-corrected chi connectivity index (χ1v) is 4.84. The van der Waals surface area contributed by atoms with Crippen LogP contribution in [0.4, 0.5) is 0 Å². The summed E-state index contributed by atoms with van der Waals surface area (Å²) in [4.78, 5) is 0. The summed E-state index contributed by atoms with van der Waals surface area (Å²) in [7, 11) is 0. The number of hydrogen-bond acceptors (Lipinski definition) is 3. The van der Waals surface area contributed by atoms with E-state index in [4.69, 9.17) is 0 Å². The van der Waals surface area contributed by atoms with Gasteiger partial charge in [-0.05, 0) is 17.1 Å². The first kappa shape index (κ1) is 8.41. The third-order valence-electron chi connectivity index (χ3n) is 1.88. The van der Waals surface area contributed by atoms with Gasteiger partial charge in [-0.3, -0.25) is 0 Å². The first-order valence-electron chi connectivity index (χ1n) is 4.00. The number of aliphatic hydroxyl groups excluding tert-OH is 1. The Morgan fingerprint density at radius 2 is 1.92 bits per heavy atom. The topological polar surface area (TPSA) is 33.1 Å². The van der Waals surface area contributed by atoms with Gasteiger partial charge in [-0.2, -0.15) is 0 Å². The van der Waals surface area contributed by atoms with Gasteiger partial charge in [-0.15, -0.1) is 0 Å². The van der Waals surface area contributed by atoms with E-state index in [9.17, 15) is 5.11 Å². The third kappa shape index (κ3) is 1.76. The maximum Gasteiger partial charge on any atom is 0.106 e. The van der Waals surface area contributed by atoms with Crippen LogP contribution >= 0.6 is 11.5 Å². The van der Waals surface area contributed by atoms with E-state index in [-0.39, 0.29) is 0 Å². The zero-order valence-electron chi connectivity index (χ0n) is 6.92. The van der Waals surface area contributed by atoms with Gasteiger partial charge in [0, 0.05) is 17.1 Å². The van der Waals surface area contributed by atoms with E-state index in [1.54, 1.807) is 6.20 Å². The number of aromatic nitrogens is 1. The zero-order valence-corrected chi connectivity index (χ0v) is 7.74. The van der Waals surface area contributed by atoms with Crippen LogP contribution in [0.3, 0.4) is 0 Å². The summed E-state index contributed by atoms with van der Waals surface area (Å²) >= 11 is 1.35. The van der Waals surface area contributed by atoms with Crippen LogP contribution in [0.2, 0.25) is 0 Å². The Labute approximate surface area is 80.6 Å². The Morgan fingerprint density at radius 3 is 2.54 bits per heavy atom. The van der Waals surface area contributed by atoms with Gasteiger partial charge in [0.25, 0.3) is 0 Å². The molecule has 0 bridgehead atoms. The van der Waals surface area contributed by atoms with E-state index in [1.807, 2.05) is 35.7 Å². The molecular weight excluding hydrogens is 182 g/mol. The van der Waals surface area contributed by atoms with Crippen molar-refractivity contribution in [1.29, 1.82) is 0 Å². The molecule has 1 aromatic carbocycles. The molecule has 0 saturated heterocycles. The Bertz CT molecular complexity index is 358. The van der Waals surface area contributed by atoms with Crippen molar-refractivity contribution in [1.82, 2.24) is 4.37 Å². The molecule has 3 heteroatoms. The first-order chi connectivity index (χ1) is 6.38. The molecule has 1 aromatic heterocycles. The van der Waals surface area contributed by atoms with Crippen LogP contribution in [0.5, 0.6) is 0 Å². The standard InChI is InChI=1S/C10H9NOS/c12-10(9-6-11-13-7-9)8-4-2-1-3-5-8/h1-7,10,12H. The minimum Gasteiger partial charge on any atom is -0.384 e. The lowest BCUT2D eigenvalue weighted by atomic mass is 10.1. The van der Waals surface area contributed by atoms with Gasteiger partial charge in [0.2, 0.25) is 0 Å². The van der Waals surface area contributed by atoms with Gasteiger partial charge in [0.15, 0.2) is 0 Å². The molecular formula is C10H9NOS. The molecule has 1 unspecified atom stereocenters. The van der Waals surface area contributed by atoms with Crippen molar-refractivity contribution in [3.63, 3.8) is 0 Å². The fourth-order valence-electron chi connectivity index (χ4n) is 1.18. The molecule has 0 spiro atoms. The quantitative estimate of drug-likeness (QED) is 0.789. The summed E-state index contributed by atoms with van der Waals surface area (Å²) in [6.45, 7) is 0. The molecule has 1 heterocycles. The monoisotopic (exact) mass is 191 g/mol. The summed E-state index contributed by atoms with van der Waals surface area (Å²) in [5.74, 6) is 0. The molecule has 0 fully saturated rings. The van der Waals surface area contributed by atoms with Crippen LogP contribution in [0.1, 0.15) is 17.2 Å². The number of nitrogens with zero attached hydrogens (tertiary/aromatic N) is 1. The van der Waals surface area contributed by atoms with E-state index in [1.165, 1.54) is 11.5 Å². The second-order valence-corrected chi connectivity index (χ2v) is 3.43. The van der Waals surface area contributed by atoms with Gasteiger partial charge < -0.3 is 5.11 Å². The molecule has 0 saturated carbocycles. The summed E-state index contributed by atoms with van der Waals surface area (Å²) in [6.07, 6.45) is 1.16. The van der Waals surface area contributed by atoms with E-state index < -0.39 is 6.10 Å². The largest absolute Gasteiger partial charge is 0.384 e. The van der Waals surface area contributed by atoms with Crippen molar-refractivity contribution < 1.29 is 5.11 Å². The van der Waals surface area contributed by atoms with Crippen LogP contribution in [0, 0.1) is 0 Å². The molecule has 1 atom stereocenters. The van der Waals surface area contributed by atoms with E-state index in [0.29, 0.717) is 0 Å². The smallest absolute Gasteiger partial charge is 0.106 e. The lowest BCUT2D eigenvalue weighted by Gasteiger charge is -2.07. The molecule has 1 N–H and O–H groups in total. The Kier molecular flexibility index (Phi) is 2.38. The summed E-state index contributed by atoms with van der Waals surface area (Å²) in [6, 6.07) is 9.57. The molecule has 0 aliphatic carbocycles. The lowest BCUT2D eigenvalue weighted by molar-refractivity contribution is 0.220. The highest BCUT2D eigenvalue weighted by Crippen LogP contribution is 2.21. The molecule has 2 aromatic rings. The summed E-state index contributed by atoms with van der Waals surface area (Å²) < 4.78 is 3.95. The molecule has 0 aliphatic heterocycles. The fourth-order valence-corrected chi connectivity index (χ4v) is 1.73. The van der Waals surface area contributed by atoms with Gasteiger partial charge in [0.05, 0.1) is 0 Å². The SMILES string of the molecule is OC(c1ccccc1)c1cnsc1. The maximum atomic E-state index is 9.85. The van der Waals surface area contributed by atoms with E-state index in [0.717, 1.165) is 11.1 Å². The van der Waals surface area contributed by atoms with E-state index in [2.05, 4.69) is 4.37 Å². The van der Waals surface area contributed by atoms with Crippen molar-refractivity contribution >= 4 is 11.5 Å². The maximum absolute atomic E-state index is 9.85. The van der Waals surface area contributed by atoms with Crippen molar-refractivity contribution in [3.8, 4) is 0 Å². The number of rotatable bonds is 2. The highest BCUT2D eigenvalue weighted by molar-refractivity contribution is 7.03. The molecule has 0 amide bonds. The highest BCUT2D eigenvalue weighted by atomic mass is 32.1. The predicted octanol–water partition coefficient (Wildman–Crippen LogP) is 2.22. The number of benzene rings is 1. The molecule has 0 radical (unpaired) electrons. The second-order valence-electron chi connectivity index (χ2n) is 2.77. The Morgan fingerprint density at radius 1 is 1.15 bits per heavy atom. The van der Waals surface area contributed by atoms with Crippen LogP contribution in [0.25, 0.3) is 0 Å². The predicted molar refractivity (Wildman–Crippen MR) is 52.6 cm³/mol. The molecule has 2 nitrogen and oxygen atoms in total. The Balaban J connectivity index is 2.29. The van der Waals surface area contributed by atoms with Gasteiger partial charge in [-0.1, -0.05) is 30.3 Å². The summed E-state index contributed by atoms with van der Waals surface area (Å²) in [5, 5.41) is 11.7. The van der Waals surface area contributed by atoms with Crippen LogP contribution in [-0.2, 0) is 0 Å². The van der Waals surface area contributed by atoms with Gasteiger partial charge >= 0.3 is 0 Å². The Hall–Kier alpha value is -1.19. The average Bonchev–Trinajstić information content (AvgIpc) is 2.71. The minimum atomic E-state index is -0.542. The molecule has 66 valence electrons. The van der Waals surface area contributed by atoms with Crippen LogP contribution < -0.4 is 0 Å². The fraction of sp³-hybridized carbons (Fsp3) is 0.100. The van der Waals surface area contributed by atoms with Crippen LogP contribution in [0.15, 0.2) is 41.9 Å². The minimum absolute atomic E-state index is 0.542. The molecule has 0 aliphatic rings. The second kappa shape index (κ2) is 3.68. The van der Waals surface area contributed by atoms with Crippen molar-refractivity contribution in [3.05, 3.63) is 53.0 Å². The highest BCUT2D eigenvalue weighted by Gasteiger charge is 2.09. The average molecular weight is 191 g/mol. The van der Waals surface area contributed by atoms with Gasteiger partial charge in [0.1, 0.15) is 6.10 Å². The van der Waals surface area contributed by atoms with Crippen molar-refractivity contribution in [2.45, 2.75) is 6.10 Å². The van der Waals surface area contributed by atoms with Crippen molar-refractivity contribution in [2.24, 2.45) is 0 Å². The number of aliphatic hydroxyl groups is 1. The molecule has 13 heavy (non-hydrogen) atoms. The normalized spacial score (nSPS) is 12.7.